The molecule has 5 nitrogen and oxygen atoms in total. The number of aryl methyl sites for hydroxylation is 3. The second-order valence-corrected chi connectivity index (χ2v) is 13.8. The summed E-state index contributed by atoms with van der Waals surface area (Å²) < 4.78 is 78.1. The molecule has 5 aromatic heterocycles. The molecule has 0 aliphatic carbocycles. The summed E-state index contributed by atoms with van der Waals surface area (Å²) in [5.74, 6) is 0. The van der Waals surface area contributed by atoms with Gasteiger partial charge in [-0.05, 0) is 78.9 Å². The van der Waals surface area contributed by atoms with Crippen molar-refractivity contribution in [3.8, 4) is 16.9 Å². The molecule has 0 amide bonds. The summed E-state index contributed by atoms with van der Waals surface area (Å²) in [6, 6.07) is 54.5. The number of nitrogens with zero attached hydrogens (tertiary/aromatic N) is 4. The molecule has 0 N–H and O–H groups in total. The SMILES string of the molecule is [2H]C([2H])([2H])c1c[c-]c(-c2cc(C([2H])([2H])[2H])c(C([2H])([2H])[2H])cn2)cc1.[Ir].[c-]1c2oc3ccc4c5ccccc5n(-c5ccccc5)c4c3c2cc2c1c1nc3ccccc3n1c1ccccc21. The third kappa shape index (κ3) is 5.48. The molecule has 12 rings (SSSR count). The van der Waals surface area contributed by atoms with E-state index >= 15 is 0 Å². The molecule has 7 aromatic carbocycles. The van der Waals surface area contributed by atoms with Crippen LogP contribution >= 0.6 is 0 Å². The van der Waals surface area contributed by atoms with Crippen molar-refractivity contribution >= 4 is 82.1 Å². The molecule has 0 saturated heterocycles. The van der Waals surface area contributed by atoms with Crippen LogP contribution in [0.5, 0.6) is 0 Å². The minimum absolute atomic E-state index is 0. The monoisotopic (exact) mass is 920 g/mol. The first kappa shape index (κ1) is 26.3. The summed E-state index contributed by atoms with van der Waals surface area (Å²) in [6.07, 6.45) is 1.02. The van der Waals surface area contributed by atoms with Crippen LogP contribution in [0, 0.1) is 32.7 Å². The minimum atomic E-state index is -2.61. The Bertz CT molecular complexity index is 3850. The van der Waals surface area contributed by atoms with Gasteiger partial charge < -0.3 is 18.4 Å². The third-order valence-electron chi connectivity index (χ3n) is 10.5. The van der Waals surface area contributed by atoms with Crippen molar-refractivity contribution in [2.24, 2.45) is 0 Å². The molecule has 0 atom stereocenters. The molecule has 0 spiro atoms. The van der Waals surface area contributed by atoms with Gasteiger partial charge in [0.25, 0.3) is 0 Å². The van der Waals surface area contributed by atoms with Crippen molar-refractivity contribution in [2.75, 3.05) is 0 Å². The first-order valence-electron chi connectivity index (χ1n) is 22.7. The Morgan fingerprint density at radius 3 is 2.19 bits per heavy atom. The largest absolute Gasteiger partial charge is 0.476 e. The number of pyridine rings is 2. The predicted octanol–water partition coefficient (Wildman–Crippen LogP) is 13.1. The molecule has 0 unspecified atom stereocenters. The van der Waals surface area contributed by atoms with Crippen LogP contribution < -0.4 is 0 Å². The van der Waals surface area contributed by atoms with Gasteiger partial charge in [-0.3, -0.25) is 4.98 Å². The quantitative estimate of drug-likeness (QED) is 0.128. The maximum absolute atomic E-state index is 7.54. The molecule has 5 heterocycles. The fourth-order valence-electron chi connectivity index (χ4n) is 8.05. The average molecular weight is 920 g/mol. The van der Waals surface area contributed by atoms with Crippen LogP contribution in [0.15, 0.2) is 156 Å². The average Bonchev–Trinajstić information content (AvgIpc) is 3.98. The van der Waals surface area contributed by atoms with Crippen molar-refractivity contribution in [2.45, 2.75) is 20.6 Å². The predicted molar refractivity (Wildman–Crippen MR) is 231 cm³/mol. The first-order chi connectivity index (χ1) is 31.1. The van der Waals surface area contributed by atoms with Gasteiger partial charge in [-0.15, -0.1) is 41.5 Å². The van der Waals surface area contributed by atoms with Crippen molar-refractivity contribution in [1.82, 2.24) is 18.9 Å². The Morgan fingerprint density at radius 1 is 0.649 bits per heavy atom. The Morgan fingerprint density at radius 2 is 1.40 bits per heavy atom. The van der Waals surface area contributed by atoms with Gasteiger partial charge in [-0.2, -0.15) is 0 Å². The number of rotatable bonds is 2. The minimum Gasteiger partial charge on any atom is -0.476 e. The van der Waals surface area contributed by atoms with E-state index in [1.54, 1.807) is 0 Å². The normalized spacial score (nSPS) is 14.6. The van der Waals surface area contributed by atoms with E-state index < -0.39 is 20.6 Å². The summed E-state index contributed by atoms with van der Waals surface area (Å²) in [5.41, 5.74) is 9.20. The van der Waals surface area contributed by atoms with Gasteiger partial charge in [0.15, 0.2) is 0 Å². The number of para-hydroxylation sites is 5. The van der Waals surface area contributed by atoms with E-state index in [4.69, 9.17) is 21.7 Å². The van der Waals surface area contributed by atoms with E-state index in [-0.39, 0.29) is 42.5 Å². The molecule has 0 aliphatic rings. The molecule has 57 heavy (non-hydrogen) atoms. The van der Waals surface area contributed by atoms with Crippen LogP contribution in [-0.4, -0.2) is 18.9 Å². The van der Waals surface area contributed by atoms with Gasteiger partial charge in [0.05, 0.1) is 33.3 Å². The van der Waals surface area contributed by atoms with Crippen LogP contribution in [0.25, 0.3) is 99.0 Å². The number of benzene rings is 7. The number of aromatic nitrogens is 4. The molecular weight excluding hydrogens is 877 g/mol. The Kier molecular flexibility index (Phi) is 6.26. The fraction of sp³-hybridized carbons (Fsp3) is 0.0588. The van der Waals surface area contributed by atoms with E-state index in [0.717, 1.165) is 72.3 Å². The Labute approximate surface area is 354 Å². The van der Waals surface area contributed by atoms with E-state index in [1.165, 1.54) is 45.9 Å². The van der Waals surface area contributed by atoms with Gasteiger partial charge in [-0.1, -0.05) is 107 Å². The van der Waals surface area contributed by atoms with E-state index in [2.05, 4.69) is 141 Å². The number of furan rings is 1. The van der Waals surface area contributed by atoms with Crippen LogP contribution in [0.3, 0.4) is 0 Å². The second kappa shape index (κ2) is 13.6. The fourth-order valence-corrected chi connectivity index (χ4v) is 8.05. The van der Waals surface area contributed by atoms with Crippen LogP contribution in [0.4, 0.5) is 0 Å². The third-order valence-corrected chi connectivity index (χ3v) is 10.5. The van der Waals surface area contributed by atoms with E-state index in [9.17, 15) is 0 Å². The summed E-state index contributed by atoms with van der Waals surface area (Å²) in [5, 5.41) is 7.85. The number of imidazole rings is 1. The van der Waals surface area contributed by atoms with Crippen molar-refractivity contribution in [3.63, 3.8) is 0 Å². The maximum Gasteiger partial charge on any atom is 0.125 e. The van der Waals surface area contributed by atoms with Gasteiger partial charge in [0.2, 0.25) is 0 Å². The Hall–Kier alpha value is -6.59. The molecular formula is C51H34IrN4O-2. The zero-order valence-corrected chi connectivity index (χ0v) is 32.4. The van der Waals surface area contributed by atoms with Gasteiger partial charge >= 0.3 is 0 Å². The van der Waals surface area contributed by atoms with Crippen molar-refractivity contribution in [1.29, 1.82) is 0 Å². The molecule has 0 fully saturated rings. The molecule has 1 radical (unpaired) electrons. The molecule has 0 saturated carbocycles. The molecule has 0 aliphatic heterocycles. The van der Waals surface area contributed by atoms with Crippen molar-refractivity contribution in [3.05, 3.63) is 181 Å². The number of fused-ring (bicyclic) bond motifs is 15. The van der Waals surface area contributed by atoms with Crippen molar-refractivity contribution < 1.29 is 36.9 Å². The summed E-state index contributed by atoms with van der Waals surface area (Å²) in [7, 11) is 0. The van der Waals surface area contributed by atoms with E-state index in [0.29, 0.717) is 5.56 Å². The summed E-state index contributed by atoms with van der Waals surface area (Å²) in [6.45, 7) is -7.47. The zero-order valence-electron chi connectivity index (χ0n) is 39.0. The first-order valence-corrected chi connectivity index (χ1v) is 18.2. The van der Waals surface area contributed by atoms with Crippen LogP contribution in [0.1, 0.15) is 29.0 Å². The maximum atomic E-state index is 7.54. The smallest absolute Gasteiger partial charge is 0.125 e. The molecule has 12 aromatic rings. The molecule has 0 bridgehead atoms. The standard InChI is InChI=1S/C37H20N3O.C14H14N.Ir/c1-2-10-22(11-3-1)39-30-15-7-4-12-23(30)25-18-19-33-35(36(25)39)28-20-26-24-13-5-8-16-31(24)40-32-17-9-6-14-29(32)38-37(40)27(26)21-34(28)41-33;1-10-4-6-13(7-5-10)14-8-11(2)12(3)9-15-14;/h1-20H;4-6,8-9H,1-3H3;/q2*-1;/i;1D3,2D3,3D3;. The van der Waals surface area contributed by atoms with Gasteiger partial charge in [0.1, 0.15) is 5.58 Å². The van der Waals surface area contributed by atoms with Crippen LogP contribution in [-0.2, 0) is 20.1 Å². The summed E-state index contributed by atoms with van der Waals surface area (Å²) in [4.78, 5) is 9.07. The molecule has 275 valence electrons. The number of hydrogen-bond donors (Lipinski definition) is 0. The topological polar surface area (TPSA) is 48.3 Å². The number of hydrogen-bond acceptors (Lipinski definition) is 3. The van der Waals surface area contributed by atoms with E-state index in [1.807, 2.05) is 6.07 Å². The second-order valence-electron chi connectivity index (χ2n) is 13.8. The van der Waals surface area contributed by atoms with Crippen LogP contribution in [0.2, 0.25) is 0 Å². The van der Waals surface area contributed by atoms with Gasteiger partial charge in [-0.25, -0.2) is 0 Å². The molecule has 6 heteroatoms. The zero-order chi connectivity index (χ0) is 45.0. The van der Waals surface area contributed by atoms with Gasteiger partial charge in [0, 0.05) is 66.0 Å². The Balaban J connectivity index is 0.000000177. The summed E-state index contributed by atoms with van der Waals surface area (Å²) >= 11 is 0.